The number of nitrogens with zero attached hydrogens (tertiary/aromatic N) is 2. The number of nitrogens with one attached hydrogen (secondary N) is 1. The SMILES string of the molecule is COCCn1ccnc1NCCCCSC. The van der Waals surface area contributed by atoms with E-state index in [4.69, 9.17) is 4.74 Å². The quantitative estimate of drug-likeness (QED) is 0.674. The van der Waals surface area contributed by atoms with E-state index in [-0.39, 0.29) is 0 Å². The summed E-state index contributed by atoms with van der Waals surface area (Å²) in [5.74, 6) is 2.18. The van der Waals surface area contributed by atoms with Gasteiger partial charge in [-0.2, -0.15) is 11.8 Å². The molecule has 0 bridgehead atoms. The molecule has 0 atom stereocenters. The third kappa shape index (κ3) is 4.90. The molecule has 0 aliphatic carbocycles. The topological polar surface area (TPSA) is 39.1 Å². The van der Waals surface area contributed by atoms with Gasteiger partial charge in [-0.3, -0.25) is 0 Å². The van der Waals surface area contributed by atoms with E-state index >= 15 is 0 Å². The molecule has 0 radical (unpaired) electrons. The zero-order chi connectivity index (χ0) is 11.6. The summed E-state index contributed by atoms with van der Waals surface area (Å²) in [5, 5.41) is 3.35. The van der Waals surface area contributed by atoms with Crippen molar-refractivity contribution in [1.82, 2.24) is 9.55 Å². The number of unbranched alkanes of at least 4 members (excludes halogenated alkanes) is 1. The summed E-state index contributed by atoms with van der Waals surface area (Å²) in [4.78, 5) is 4.28. The van der Waals surface area contributed by atoms with Crippen molar-refractivity contribution in [3.05, 3.63) is 12.4 Å². The van der Waals surface area contributed by atoms with Crippen LogP contribution >= 0.6 is 11.8 Å². The molecule has 1 N–H and O–H groups in total. The maximum Gasteiger partial charge on any atom is 0.202 e. The van der Waals surface area contributed by atoms with Crippen LogP contribution in [0.4, 0.5) is 5.95 Å². The summed E-state index contributed by atoms with van der Waals surface area (Å²) in [6, 6.07) is 0. The number of thioether (sulfide) groups is 1. The molecule has 92 valence electrons. The molecule has 5 heteroatoms. The highest BCUT2D eigenvalue weighted by molar-refractivity contribution is 7.98. The number of aromatic nitrogens is 2. The Balaban J connectivity index is 2.22. The van der Waals surface area contributed by atoms with Crippen molar-refractivity contribution in [2.24, 2.45) is 0 Å². The lowest BCUT2D eigenvalue weighted by Crippen LogP contribution is -2.11. The van der Waals surface area contributed by atoms with Crippen molar-refractivity contribution < 1.29 is 4.74 Å². The van der Waals surface area contributed by atoms with Gasteiger partial charge in [-0.25, -0.2) is 4.98 Å². The lowest BCUT2D eigenvalue weighted by atomic mass is 10.3. The number of hydrogen-bond acceptors (Lipinski definition) is 4. The molecule has 1 heterocycles. The average molecular weight is 243 g/mol. The smallest absolute Gasteiger partial charge is 0.202 e. The Hall–Kier alpha value is -0.680. The van der Waals surface area contributed by atoms with Crippen LogP contribution in [-0.4, -0.2) is 41.8 Å². The van der Waals surface area contributed by atoms with Crippen LogP contribution < -0.4 is 5.32 Å². The van der Waals surface area contributed by atoms with Gasteiger partial charge in [0.15, 0.2) is 0 Å². The largest absolute Gasteiger partial charge is 0.383 e. The van der Waals surface area contributed by atoms with Crippen LogP contribution in [0.3, 0.4) is 0 Å². The van der Waals surface area contributed by atoms with Crippen LogP contribution in [0.15, 0.2) is 12.4 Å². The number of rotatable bonds is 9. The molecule has 0 aromatic carbocycles. The second-order valence-corrected chi connectivity index (χ2v) is 4.55. The van der Waals surface area contributed by atoms with Gasteiger partial charge in [-0.05, 0) is 24.9 Å². The fourth-order valence-electron chi connectivity index (χ4n) is 1.42. The van der Waals surface area contributed by atoms with Gasteiger partial charge in [-0.15, -0.1) is 0 Å². The Morgan fingerprint density at radius 2 is 2.38 bits per heavy atom. The summed E-state index contributed by atoms with van der Waals surface area (Å²) in [6.07, 6.45) is 8.39. The molecular formula is C11H21N3OS. The van der Waals surface area contributed by atoms with Crippen LogP contribution in [0.5, 0.6) is 0 Å². The molecule has 0 aliphatic heterocycles. The van der Waals surface area contributed by atoms with Gasteiger partial charge >= 0.3 is 0 Å². The Morgan fingerprint density at radius 1 is 1.50 bits per heavy atom. The molecule has 0 aliphatic rings. The lowest BCUT2D eigenvalue weighted by molar-refractivity contribution is 0.187. The van der Waals surface area contributed by atoms with E-state index in [9.17, 15) is 0 Å². The minimum Gasteiger partial charge on any atom is -0.383 e. The van der Waals surface area contributed by atoms with Gasteiger partial charge < -0.3 is 14.6 Å². The summed E-state index contributed by atoms with van der Waals surface area (Å²) in [6.45, 7) is 2.56. The monoisotopic (exact) mass is 243 g/mol. The normalized spacial score (nSPS) is 10.6. The number of hydrogen-bond donors (Lipinski definition) is 1. The zero-order valence-electron chi connectivity index (χ0n) is 10.1. The summed E-state index contributed by atoms with van der Waals surface area (Å²) in [7, 11) is 1.71. The van der Waals surface area contributed by atoms with Crippen molar-refractivity contribution in [3.8, 4) is 0 Å². The maximum atomic E-state index is 5.05. The molecule has 4 nitrogen and oxygen atoms in total. The second-order valence-electron chi connectivity index (χ2n) is 3.56. The van der Waals surface area contributed by atoms with Gasteiger partial charge in [0.2, 0.25) is 5.95 Å². The van der Waals surface area contributed by atoms with Crippen molar-refractivity contribution in [2.75, 3.05) is 37.6 Å². The molecule has 1 aromatic heterocycles. The third-order valence-corrected chi connectivity index (χ3v) is 3.01. The highest BCUT2D eigenvalue weighted by Gasteiger charge is 2.00. The molecule has 16 heavy (non-hydrogen) atoms. The molecular weight excluding hydrogens is 222 g/mol. The molecule has 0 spiro atoms. The standard InChI is InChI=1S/C11H21N3OS/c1-15-9-8-14-7-6-13-11(14)12-5-3-4-10-16-2/h6-7H,3-5,8-10H2,1-2H3,(H,12,13). The van der Waals surface area contributed by atoms with Crippen molar-refractivity contribution in [3.63, 3.8) is 0 Å². The summed E-state index contributed by atoms with van der Waals surface area (Å²) in [5.41, 5.74) is 0. The first-order chi connectivity index (χ1) is 7.88. The Bertz CT molecular complexity index is 278. The van der Waals surface area contributed by atoms with Crippen LogP contribution in [0, 0.1) is 0 Å². The predicted molar refractivity (Wildman–Crippen MR) is 70.2 cm³/mol. The average Bonchev–Trinajstić information content (AvgIpc) is 2.74. The highest BCUT2D eigenvalue weighted by atomic mass is 32.2. The molecule has 1 rings (SSSR count). The predicted octanol–water partition coefficient (Wildman–Crippen LogP) is 2.08. The van der Waals surface area contributed by atoms with E-state index in [0.717, 1.165) is 25.6 Å². The molecule has 0 fully saturated rings. The Kier molecular flexibility index (Phi) is 7.09. The molecule has 0 saturated carbocycles. The number of imidazole rings is 1. The van der Waals surface area contributed by atoms with E-state index in [1.165, 1.54) is 18.6 Å². The summed E-state index contributed by atoms with van der Waals surface area (Å²) < 4.78 is 7.13. The molecule has 0 saturated heterocycles. The van der Waals surface area contributed by atoms with Crippen molar-refractivity contribution in [1.29, 1.82) is 0 Å². The molecule has 0 unspecified atom stereocenters. The van der Waals surface area contributed by atoms with Crippen LogP contribution in [0.2, 0.25) is 0 Å². The molecule has 0 amide bonds. The first-order valence-electron chi connectivity index (χ1n) is 5.61. The minimum absolute atomic E-state index is 0.720. The lowest BCUT2D eigenvalue weighted by Gasteiger charge is -2.08. The number of ether oxygens (including phenoxy) is 1. The van der Waals surface area contributed by atoms with Crippen molar-refractivity contribution in [2.45, 2.75) is 19.4 Å². The number of methoxy groups -OCH3 is 1. The first-order valence-corrected chi connectivity index (χ1v) is 7.00. The van der Waals surface area contributed by atoms with E-state index in [0.29, 0.717) is 0 Å². The zero-order valence-corrected chi connectivity index (χ0v) is 10.9. The van der Waals surface area contributed by atoms with E-state index in [2.05, 4.69) is 21.1 Å². The van der Waals surface area contributed by atoms with Crippen LogP contribution in [-0.2, 0) is 11.3 Å². The maximum absolute atomic E-state index is 5.05. The first kappa shape index (κ1) is 13.4. The Morgan fingerprint density at radius 3 is 3.12 bits per heavy atom. The van der Waals surface area contributed by atoms with Gasteiger partial charge in [0.05, 0.1) is 6.61 Å². The van der Waals surface area contributed by atoms with Crippen LogP contribution in [0.1, 0.15) is 12.8 Å². The second kappa shape index (κ2) is 8.47. The summed E-state index contributed by atoms with van der Waals surface area (Å²) >= 11 is 1.90. The molecule has 1 aromatic rings. The fraction of sp³-hybridized carbons (Fsp3) is 0.727. The van der Waals surface area contributed by atoms with Crippen LogP contribution in [0.25, 0.3) is 0 Å². The van der Waals surface area contributed by atoms with Crippen molar-refractivity contribution >= 4 is 17.7 Å². The minimum atomic E-state index is 0.720. The Labute approximate surface area is 102 Å². The fourth-order valence-corrected chi connectivity index (χ4v) is 1.91. The van der Waals surface area contributed by atoms with E-state index in [1.807, 2.05) is 24.2 Å². The highest BCUT2D eigenvalue weighted by Crippen LogP contribution is 2.05. The van der Waals surface area contributed by atoms with Gasteiger partial charge in [-0.1, -0.05) is 0 Å². The van der Waals surface area contributed by atoms with E-state index in [1.54, 1.807) is 7.11 Å². The van der Waals surface area contributed by atoms with Gasteiger partial charge in [0, 0.05) is 32.6 Å². The van der Waals surface area contributed by atoms with E-state index < -0.39 is 0 Å². The number of anilines is 1. The van der Waals surface area contributed by atoms with Gasteiger partial charge in [0.1, 0.15) is 0 Å². The van der Waals surface area contributed by atoms with Gasteiger partial charge in [0.25, 0.3) is 0 Å². The third-order valence-electron chi connectivity index (χ3n) is 2.31.